The Kier molecular flexibility index (Phi) is 3.84. The minimum atomic E-state index is -0.453. The molecule has 0 aliphatic heterocycles. The molecule has 3 unspecified atom stereocenters. The van der Waals surface area contributed by atoms with E-state index in [1.54, 1.807) is 0 Å². The summed E-state index contributed by atoms with van der Waals surface area (Å²) in [6.07, 6.45) is 2.97. The van der Waals surface area contributed by atoms with Crippen molar-refractivity contribution < 1.29 is 9.53 Å². The second-order valence-corrected chi connectivity index (χ2v) is 7.27. The lowest BCUT2D eigenvalue weighted by molar-refractivity contribution is -0.173. The van der Waals surface area contributed by atoms with E-state index in [1.807, 2.05) is 20.8 Å². The maximum Gasteiger partial charge on any atom is 0.314 e. The number of nitrogens with two attached hydrogens (primary N) is 1. The van der Waals surface area contributed by atoms with Crippen molar-refractivity contribution in [1.82, 2.24) is 0 Å². The molecule has 2 bridgehead atoms. The van der Waals surface area contributed by atoms with Gasteiger partial charge in [-0.1, -0.05) is 13.8 Å². The Labute approximate surface area is 116 Å². The van der Waals surface area contributed by atoms with Crippen molar-refractivity contribution in [3.05, 3.63) is 0 Å². The summed E-state index contributed by atoms with van der Waals surface area (Å²) in [4.78, 5) is 12.6. The van der Waals surface area contributed by atoms with Crippen molar-refractivity contribution in [2.24, 2.45) is 22.5 Å². The summed E-state index contributed by atoms with van der Waals surface area (Å²) in [6.45, 7) is 10.1. The van der Waals surface area contributed by atoms with Crippen LogP contribution in [-0.4, -0.2) is 17.6 Å². The van der Waals surface area contributed by atoms with Gasteiger partial charge in [0, 0.05) is 6.04 Å². The third-order valence-electron chi connectivity index (χ3n) is 4.99. The Morgan fingerprint density at radius 1 is 1.33 bits per heavy atom. The fraction of sp³-hybridized carbons (Fsp3) is 0.929. The molecular weight excluding hydrogens is 250 g/mol. The van der Waals surface area contributed by atoms with Crippen LogP contribution in [0.4, 0.5) is 0 Å². The van der Waals surface area contributed by atoms with Crippen LogP contribution in [0.3, 0.4) is 0 Å². The zero-order chi connectivity index (χ0) is 13.1. The number of esters is 1. The predicted molar refractivity (Wildman–Crippen MR) is 74.6 cm³/mol. The van der Waals surface area contributed by atoms with Gasteiger partial charge in [-0.15, -0.1) is 12.4 Å². The van der Waals surface area contributed by atoms with Crippen LogP contribution in [0.15, 0.2) is 0 Å². The minimum absolute atomic E-state index is 0. The van der Waals surface area contributed by atoms with Gasteiger partial charge in [-0.2, -0.15) is 0 Å². The second kappa shape index (κ2) is 4.38. The molecule has 2 aliphatic rings. The molecule has 2 rings (SSSR count). The molecule has 2 fully saturated rings. The van der Waals surface area contributed by atoms with E-state index in [1.165, 1.54) is 0 Å². The third-order valence-corrected chi connectivity index (χ3v) is 4.99. The SMILES string of the molecule is CC(C)(C)OC(=O)C12CCC(CC1N)C2(C)C.Cl. The van der Waals surface area contributed by atoms with Crippen molar-refractivity contribution in [3.63, 3.8) is 0 Å². The lowest BCUT2D eigenvalue weighted by Gasteiger charge is -2.40. The van der Waals surface area contributed by atoms with Crippen LogP contribution in [0.2, 0.25) is 0 Å². The van der Waals surface area contributed by atoms with Crippen molar-refractivity contribution >= 4 is 18.4 Å². The molecule has 4 heteroatoms. The summed E-state index contributed by atoms with van der Waals surface area (Å²) in [5.41, 5.74) is 5.35. The molecule has 18 heavy (non-hydrogen) atoms. The van der Waals surface area contributed by atoms with Crippen LogP contribution in [0.5, 0.6) is 0 Å². The highest BCUT2D eigenvalue weighted by Gasteiger charge is 2.68. The number of ether oxygens (including phenoxy) is 1. The first kappa shape index (κ1) is 15.8. The Morgan fingerprint density at radius 2 is 1.89 bits per heavy atom. The topological polar surface area (TPSA) is 52.3 Å². The van der Waals surface area contributed by atoms with Crippen molar-refractivity contribution in [3.8, 4) is 0 Å². The molecule has 3 nitrogen and oxygen atoms in total. The van der Waals surface area contributed by atoms with Crippen LogP contribution in [0.1, 0.15) is 53.9 Å². The lowest BCUT2D eigenvalue weighted by Crippen LogP contribution is -2.52. The zero-order valence-corrected chi connectivity index (χ0v) is 12.9. The van der Waals surface area contributed by atoms with Gasteiger partial charge in [-0.05, 0) is 51.4 Å². The molecule has 0 radical (unpaired) electrons. The van der Waals surface area contributed by atoms with E-state index in [0.717, 1.165) is 19.3 Å². The highest BCUT2D eigenvalue weighted by Crippen LogP contribution is 2.65. The van der Waals surface area contributed by atoms with Crippen molar-refractivity contribution in [2.45, 2.75) is 65.5 Å². The third kappa shape index (κ3) is 1.96. The first-order valence-corrected chi connectivity index (χ1v) is 6.60. The molecule has 2 N–H and O–H groups in total. The van der Waals surface area contributed by atoms with E-state index < -0.39 is 11.0 Å². The Morgan fingerprint density at radius 3 is 2.22 bits per heavy atom. The highest BCUT2D eigenvalue weighted by molar-refractivity contribution is 5.85. The second-order valence-electron chi connectivity index (χ2n) is 7.27. The van der Waals surface area contributed by atoms with E-state index in [9.17, 15) is 4.79 Å². The van der Waals surface area contributed by atoms with Crippen LogP contribution >= 0.6 is 12.4 Å². The fourth-order valence-corrected chi connectivity index (χ4v) is 3.92. The van der Waals surface area contributed by atoms with Crippen LogP contribution in [0, 0.1) is 16.7 Å². The van der Waals surface area contributed by atoms with Crippen LogP contribution < -0.4 is 5.73 Å². The molecule has 106 valence electrons. The molecule has 0 heterocycles. The number of rotatable bonds is 1. The molecule has 0 aromatic heterocycles. The van der Waals surface area contributed by atoms with Gasteiger partial charge in [0.15, 0.2) is 0 Å². The van der Waals surface area contributed by atoms with Gasteiger partial charge in [0.1, 0.15) is 5.60 Å². The molecule has 2 saturated carbocycles. The van der Waals surface area contributed by atoms with E-state index in [4.69, 9.17) is 10.5 Å². The molecule has 0 aromatic rings. The van der Waals surface area contributed by atoms with Gasteiger partial charge < -0.3 is 10.5 Å². The van der Waals surface area contributed by atoms with Gasteiger partial charge in [-0.25, -0.2) is 0 Å². The quantitative estimate of drug-likeness (QED) is 0.749. The monoisotopic (exact) mass is 275 g/mol. The maximum absolute atomic E-state index is 12.6. The van der Waals surface area contributed by atoms with Gasteiger partial charge in [0.2, 0.25) is 0 Å². The average molecular weight is 276 g/mol. The molecule has 0 spiro atoms. The average Bonchev–Trinajstić information content (AvgIpc) is 2.47. The molecular formula is C14H26ClNO2. The number of hydrogen-bond donors (Lipinski definition) is 1. The summed E-state index contributed by atoms with van der Waals surface area (Å²) in [6, 6.07) is -0.0360. The highest BCUT2D eigenvalue weighted by atomic mass is 35.5. The number of fused-ring (bicyclic) bond motifs is 2. The first-order chi connectivity index (χ1) is 7.61. The number of hydrogen-bond acceptors (Lipinski definition) is 3. The molecule has 3 atom stereocenters. The largest absolute Gasteiger partial charge is 0.459 e. The Bertz CT molecular complexity index is 348. The zero-order valence-electron chi connectivity index (χ0n) is 12.1. The summed E-state index contributed by atoms with van der Waals surface area (Å²) in [5.74, 6) is 0.493. The fourth-order valence-electron chi connectivity index (χ4n) is 3.92. The van der Waals surface area contributed by atoms with Crippen molar-refractivity contribution in [1.29, 1.82) is 0 Å². The van der Waals surface area contributed by atoms with E-state index in [0.29, 0.717) is 5.92 Å². The van der Waals surface area contributed by atoms with Gasteiger partial charge in [0.05, 0.1) is 5.41 Å². The summed E-state index contributed by atoms with van der Waals surface area (Å²) in [5, 5.41) is 0. The molecule has 2 aliphatic carbocycles. The van der Waals surface area contributed by atoms with E-state index in [2.05, 4.69) is 13.8 Å². The Balaban J connectivity index is 0.00000162. The Hall–Kier alpha value is -0.280. The number of carbonyl (C=O) groups excluding carboxylic acids is 1. The minimum Gasteiger partial charge on any atom is -0.459 e. The summed E-state index contributed by atoms with van der Waals surface area (Å²) in [7, 11) is 0. The molecule has 0 aromatic carbocycles. The lowest BCUT2D eigenvalue weighted by atomic mass is 9.67. The smallest absolute Gasteiger partial charge is 0.314 e. The van der Waals surface area contributed by atoms with Crippen LogP contribution in [0.25, 0.3) is 0 Å². The van der Waals surface area contributed by atoms with E-state index >= 15 is 0 Å². The standard InChI is InChI=1S/C14H25NO2.ClH/c1-12(2,3)17-11(16)14-7-6-9(8-10(14)15)13(14,4)5;/h9-10H,6-8,15H2,1-5H3;1H. The van der Waals surface area contributed by atoms with E-state index in [-0.39, 0.29) is 29.8 Å². The van der Waals surface area contributed by atoms with Crippen LogP contribution in [-0.2, 0) is 9.53 Å². The molecule has 0 amide bonds. The normalized spacial score (nSPS) is 37.2. The molecule has 0 saturated heterocycles. The van der Waals surface area contributed by atoms with Gasteiger partial charge >= 0.3 is 5.97 Å². The van der Waals surface area contributed by atoms with Crippen molar-refractivity contribution in [2.75, 3.05) is 0 Å². The predicted octanol–water partition coefficient (Wildman–Crippen LogP) is 2.90. The summed E-state index contributed by atoms with van der Waals surface area (Å²) >= 11 is 0. The summed E-state index contributed by atoms with van der Waals surface area (Å²) < 4.78 is 5.63. The van der Waals surface area contributed by atoms with Gasteiger partial charge in [0.25, 0.3) is 0 Å². The maximum atomic E-state index is 12.6. The number of halogens is 1. The number of carbonyl (C=O) groups is 1. The first-order valence-electron chi connectivity index (χ1n) is 6.60. The van der Waals surface area contributed by atoms with Gasteiger partial charge in [-0.3, -0.25) is 4.79 Å².